The molecule has 0 spiro atoms. The zero-order valence-corrected chi connectivity index (χ0v) is 15.2. The molecule has 1 fully saturated rings. The van der Waals surface area contributed by atoms with Crippen molar-refractivity contribution in [3.63, 3.8) is 0 Å². The van der Waals surface area contributed by atoms with Crippen LogP contribution in [0.4, 0.5) is 18.3 Å². The average molecular weight is 393 g/mol. The van der Waals surface area contributed by atoms with Gasteiger partial charge in [0.15, 0.2) is 4.34 Å². The van der Waals surface area contributed by atoms with Crippen molar-refractivity contribution in [1.29, 1.82) is 5.26 Å². The van der Waals surface area contributed by atoms with Crippen LogP contribution in [0.3, 0.4) is 0 Å². The first-order valence-electron chi connectivity index (χ1n) is 7.71. The summed E-state index contributed by atoms with van der Waals surface area (Å²) in [7, 11) is 1.63. The fourth-order valence-electron chi connectivity index (χ4n) is 2.63. The molecule has 1 aromatic rings. The van der Waals surface area contributed by atoms with E-state index in [4.69, 9.17) is 0 Å². The second kappa shape index (κ2) is 8.23. The predicted octanol–water partition coefficient (Wildman–Crippen LogP) is 3.29. The SMILES string of the molecule is CN(C(=O)CSc1nnc(NCC(F)(F)F)s1)C1(C#N)CCCCC1. The lowest BCUT2D eigenvalue weighted by Crippen LogP contribution is -2.50. The summed E-state index contributed by atoms with van der Waals surface area (Å²) in [6.45, 7) is -1.18. The van der Waals surface area contributed by atoms with Gasteiger partial charge in [-0.3, -0.25) is 4.79 Å². The third-order valence-corrected chi connectivity index (χ3v) is 6.07. The van der Waals surface area contributed by atoms with Crippen LogP contribution < -0.4 is 5.32 Å². The second-order valence-corrected chi connectivity index (χ2v) is 7.99. The van der Waals surface area contributed by atoms with E-state index in [0.29, 0.717) is 17.2 Å². The minimum Gasteiger partial charge on any atom is -0.351 e. The molecule has 138 valence electrons. The van der Waals surface area contributed by atoms with Crippen LogP contribution in [0.15, 0.2) is 4.34 Å². The van der Waals surface area contributed by atoms with E-state index >= 15 is 0 Å². The molecule has 6 nitrogen and oxygen atoms in total. The highest BCUT2D eigenvalue weighted by Crippen LogP contribution is 2.33. The number of aromatic nitrogens is 2. The lowest BCUT2D eigenvalue weighted by Gasteiger charge is -2.38. The molecule has 1 aromatic heterocycles. The Kier molecular flexibility index (Phi) is 6.51. The number of carbonyl (C=O) groups is 1. The van der Waals surface area contributed by atoms with E-state index in [2.05, 4.69) is 21.6 Å². The van der Waals surface area contributed by atoms with Crippen molar-refractivity contribution in [1.82, 2.24) is 15.1 Å². The van der Waals surface area contributed by atoms with E-state index in [1.807, 2.05) is 0 Å². The molecule has 1 N–H and O–H groups in total. The number of hydrogen-bond acceptors (Lipinski definition) is 7. The zero-order chi connectivity index (χ0) is 18.5. The van der Waals surface area contributed by atoms with Gasteiger partial charge in [0.2, 0.25) is 11.0 Å². The van der Waals surface area contributed by atoms with E-state index in [-0.39, 0.29) is 16.8 Å². The Balaban J connectivity index is 1.87. The standard InChI is InChI=1S/C14H18F3N5OS2/c1-22(13(8-18)5-3-2-4-6-13)10(23)7-24-12-21-20-11(25-12)19-9-14(15,16)17/h2-7,9H2,1H3,(H,19,20). The Hall–Kier alpha value is -1.54. The summed E-state index contributed by atoms with van der Waals surface area (Å²) in [6, 6.07) is 2.29. The van der Waals surface area contributed by atoms with Crippen molar-refractivity contribution in [2.75, 3.05) is 24.7 Å². The van der Waals surface area contributed by atoms with Gasteiger partial charge in [-0.1, -0.05) is 42.4 Å². The van der Waals surface area contributed by atoms with Crippen molar-refractivity contribution in [3.05, 3.63) is 0 Å². The Bertz CT molecular complexity index is 637. The molecule has 0 saturated heterocycles. The van der Waals surface area contributed by atoms with E-state index in [1.165, 1.54) is 4.90 Å². The lowest BCUT2D eigenvalue weighted by molar-refractivity contribution is -0.131. The van der Waals surface area contributed by atoms with E-state index in [0.717, 1.165) is 42.4 Å². The summed E-state index contributed by atoms with van der Waals surface area (Å²) in [4.78, 5) is 13.9. The van der Waals surface area contributed by atoms with Gasteiger partial charge in [-0.15, -0.1) is 10.2 Å². The highest BCUT2D eigenvalue weighted by Gasteiger charge is 2.38. The number of nitrogens with one attached hydrogen (secondary N) is 1. The van der Waals surface area contributed by atoms with Gasteiger partial charge in [0.25, 0.3) is 0 Å². The Morgan fingerprint density at radius 3 is 2.68 bits per heavy atom. The molecular weight excluding hydrogens is 375 g/mol. The highest BCUT2D eigenvalue weighted by molar-refractivity contribution is 8.01. The molecule has 0 unspecified atom stereocenters. The fraction of sp³-hybridized carbons (Fsp3) is 0.714. The third kappa shape index (κ3) is 5.47. The van der Waals surface area contributed by atoms with Gasteiger partial charge >= 0.3 is 6.18 Å². The summed E-state index contributed by atoms with van der Waals surface area (Å²) in [5.41, 5.74) is -0.754. The largest absolute Gasteiger partial charge is 0.405 e. The van der Waals surface area contributed by atoms with Crippen LogP contribution in [-0.2, 0) is 4.79 Å². The lowest BCUT2D eigenvalue weighted by atomic mass is 9.81. The van der Waals surface area contributed by atoms with Crippen molar-refractivity contribution in [2.45, 2.75) is 48.2 Å². The van der Waals surface area contributed by atoms with Crippen LogP contribution in [0.25, 0.3) is 0 Å². The molecule has 1 saturated carbocycles. The van der Waals surface area contributed by atoms with Crippen LogP contribution in [-0.4, -0.2) is 52.1 Å². The molecule has 0 atom stereocenters. The van der Waals surface area contributed by atoms with Crippen LogP contribution in [0.5, 0.6) is 0 Å². The number of nitrogens with zero attached hydrogens (tertiary/aromatic N) is 4. The molecule has 0 aromatic carbocycles. The predicted molar refractivity (Wildman–Crippen MR) is 89.4 cm³/mol. The van der Waals surface area contributed by atoms with Gasteiger partial charge in [0, 0.05) is 7.05 Å². The molecule has 1 aliphatic carbocycles. The van der Waals surface area contributed by atoms with Gasteiger partial charge in [0.1, 0.15) is 12.1 Å². The topological polar surface area (TPSA) is 81.9 Å². The van der Waals surface area contributed by atoms with Gasteiger partial charge in [-0.25, -0.2) is 0 Å². The maximum Gasteiger partial charge on any atom is 0.405 e. The van der Waals surface area contributed by atoms with E-state index in [1.54, 1.807) is 7.05 Å². The number of carbonyl (C=O) groups excluding carboxylic acids is 1. The molecule has 2 rings (SSSR count). The Labute approximate surface area is 151 Å². The molecule has 1 aliphatic rings. The molecule has 0 bridgehead atoms. The van der Waals surface area contributed by atoms with Gasteiger partial charge in [0.05, 0.1) is 11.8 Å². The number of nitriles is 1. The van der Waals surface area contributed by atoms with E-state index in [9.17, 15) is 23.2 Å². The van der Waals surface area contributed by atoms with Crippen LogP contribution in [0.2, 0.25) is 0 Å². The van der Waals surface area contributed by atoms with Gasteiger partial charge < -0.3 is 10.2 Å². The fourth-order valence-corrected chi connectivity index (χ4v) is 4.29. The summed E-state index contributed by atoms with van der Waals surface area (Å²) in [6.07, 6.45) is -0.0880. The van der Waals surface area contributed by atoms with Crippen LogP contribution in [0.1, 0.15) is 32.1 Å². The quantitative estimate of drug-likeness (QED) is 0.747. The van der Waals surface area contributed by atoms with Crippen molar-refractivity contribution in [3.8, 4) is 6.07 Å². The maximum absolute atomic E-state index is 12.4. The minimum atomic E-state index is -4.33. The second-order valence-electron chi connectivity index (χ2n) is 5.79. The molecule has 11 heteroatoms. The molecular formula is C14H18F3N5OS2. The first kappa shape index (κ1) is 19.8. The minimum absolute atomic E-state index is 0.0569. The number of halogens is 3. The summed E-state index contributed by atoms with van der Waals surface area (Å²) < 4.78 is 36.9. The third-order valence-electron chi connectivity index (χ3n) is 4.07. The van der Waals surface area contributed by atoms with Gasteiger partial charge in [-0.2, -0.15) is 18.4 Å². The van der Waals surface area contributed by atoms with Gasteiger partial charge in [-0.05, 0) is 12.8 Å². The number of amides is 1. The average Bonchev–Trinajstić information content (AvgIpc) is 3.05. The Morgan fingerprint density at radius 2 is 2.08 bits per heavy atom. The normalized spacial score (nSPS) is 16.9. The smallest absolute Gasteiger partial charge is 0.351 e. The highest BCUT2D eigenvalue weighted by atomic mass is 32.2. The monoisotopic (exact) mass is 393 g/mol. The first-order valence-corrected chi connectivity index (χ1v) is 9.51. The van der Waals surface area contributed by atoms with Crippen molar-refractivity contribution < 1.29 is 18.0 Å². The summed E-state index contributed by atoms with van der Waals surface area (Å²) in [5.74, 6) is -0.137. The van der Waals surface area contributed by atoms with E-state index < -0.39 is 18.3 Å². The molecule has 1 heterocycles. The summed E-state index contributed by atoms with van der Waals surface area (Å²) in [5, 5.41) is 19.1. The Morgan fingerprint density at radius 1 is 1.40 bits per heavy atom. The number of hydrogen-bond donors (Lipinski definition) is 1. The molecule has 25 heavy (non-hydrogen) atoms. The van der Waals surface area contributed by atoms with Crippen molar-refractivity contribution >= 4 is 34.1 Å². The summed E-state index contributed by atoms with van der Waals surface area (Å²) >= 11 is 2.07. The molecule has 1 amide bonds. The van der Waals surface area contributed by atoms with Crippen LogP contribution in [0, 0.1) is 11.3 Å². The van der Waals surface area contributed by atoms with Crippen LogP contribution >= 0.6 is 23.1 Å². The number of thioether (sulfide) groups is 1. The number of alkyl halides is 3. The van der Waals surface area contributed by atoms with Crippen molar-refractivity contribution in [2.24, 2.45) is 0 Å². The number of rotatable bonds is 6. The number of anilines is 1. The molecule has 0 aliphatic heterocycles. The first-order chi connectivity index (χ1) is 11.8. The zero-order valence-electron chi connectivity index (χ0n) is 13.6. The molecule has 0 radical (unpaired) electrons. The maximum atomic E-state index is 12.4.